The van der Waals surface area contributed by atoms with Gasteiger partial charge in [0.2, 0.25) is 0 Å². The van der Waals surface area contributed by atoms with Crippen molar-refractivity contribution in [3.63, 3.8) is 0 Å². The number of nitrogens with one attached hydrogen (secondary N) is 1. The smallest absolute Gasteiger partial charge is 0.415 e. The molecule has 2 spiro atoms. The maximum absolute atomic E-state index is 12.5. The highest BCUT2D eigenvalue weighted by molar-refractivity contribution is 5.71. The molecule has 4 aliphatic rings. The minimum absolute atomic E-state index is 0.0357. The molecule has 1 saturated carbocycles. The largest absolute Gasteiger partial charge is 0.441 e. The zero-order valence-electron chi connectivity index (χ0n) is 17.2. The van der Waals surface area contributed by atoms with Crippen molar-refractivity contribution < 1.29 is 24.0 Å². The normalized spacial score (nSPS) is 29.5. The number of alkyl carbamates (subject to hydrolysis) is 1. The molecule has 4 fully saturated rings. The number of carbonyl (C=O) groups is 2. The Morgan fingerprint density at radius 1 is 1.16 bits per heavy atom. The average Bonchev–Trinajstić information content (AvgIpc) is 3.33. The molecular weight excluding hydrogens is 404 g/mol. The van der Waals surface area contributed by atoms with Crippen LogP contribution >= 0.6 is 0 Å². The van der Waals surface area contributed by atoms with Crippen molar-refractivity contribution in [3.05, 3.63) is 34.4 Å². The van der Waals surface area contributed by atoms with Gasteiger partial charge in [0.25, 0.3) is 5.69 Å². The number of rotatable bonds is 3. The molecule has 0 bridgehead atoms. The number of hydrogen-bond acceptors (Lipinski definition) is 7. The molecule has 10 heteroatoms. The molecule has 0 radical (unpaired) electrons. The zero-order chi connectivity index (χ0) is 21.6. The lowest BCUT2D eigenvalue weighted by Crippen LogP contribution is -2.57. The molecule has 166 valence electrons. The van der Waals surface area contributed by atoms with Crippen LogP contribution in [0.1, 0.15) is 32.1 Å². The van der Waals surface area contributed by atoms with Crippen LogP contribution in [0.25, 0.3) is 0 Å². The molecule has 3 saturated heterocycles. The van der Waals surface area contributed by atoms with E-state index in [4.69, 9.17) is 9.47 Å². The second-order valence-corrected chi connectivity index (χ2v) is 9.31. The van der Waals surface area contributed by atoms with Crippen LogP contribution in [-0.2, 0) is 4.74 Å². The Morgan fingerprint density at radius 2 is 1.87 bits per heavy atom. The highest BCUT2D eigenvalue weighted by Gasteiger charge is 2.53. The van der Waals surface area contributed by atoms with E-state index in [1.54, 1.807) is 4.90 Å². The fourth-order valence-electron chi connectivity index (χ4n) is 5.50. The number of non-ortho nitro benzene ring substituents is 1. The van der Waals surface area contributed by atoms with Crippen LogP contribution in [-0.4, -0.2) is 71.3 Å². The molecule has 0 atom stereocenters. The number of nitro benzene ring substituents is 1. The number of nitro groups is 1. The van der Waals surface area contributed by atoms with Crippen LogP contribution < -0.4 is 10.1 Å². The number of hydrogen-bond donors (Lipinski definition) is 1. The number of benzene rings is 1. The van der Waals surface area contributed by atoms with Crippen LogP contribution in [0.2, 0.25) is 0 Å². The van der Waals surface area contributed by atoms with E-state index in [0.717, 1.165) is 45.2 Å². The zero-order valence-corrected chi connectivity index (χ0v) is 17.2. The van der Waals surface area contributed by atoms with Gasteiger partial charge in [-0.25, -0.2) is 9.59 Å². The molecule has 1 aromatic rings. The Hall–Kier alpha value is -2.88. The Morgan fingerprint density at radius 3 is 2.48 bits per heavy atom. The number of carbonyl (C=O) groups excluding carboxylic acids is 2. The Labute approximate surface area is 179 Å². The fraction of sp³-hybridized carbons (Fsp3) is 0.619. The molecular formula is C21H26N4O6. The molecule has 1 N–H and O–H groups in total. The maximum Gasteiger partial charge on any atom is 0.415 e. The first-order valence-electron chi connectivity index (χ1n) is 10.8. The summed E-state index contributed by atoms with van der Waals surface area (Å²) in [6, 6.07) is 6.07. The standard InChI is InChI=1S/C21H26N4O6/c26-18-22-13-21(31-18)6-9-23(10-7-21)16-11-20(12-16)5-8-24(14-20)19(27)30-17-3-1-15(2-4-17)25(28)29/h1-4,16H,5-14H2,(H,22,26). The average molecular weight is 430 g/mol. The lowest BCUT2D eigenvalue weighted by molar-refractivity contribution is -0.384. The van der Waals surface area contributed by atoms with E-state index >= 15 is 0 Å². The van der Waals surface area contributed by atoms with Crippen LogP contribution in [0.5, 0.6) is 5.75 Å². The van der Waals surface area contributed by atoms with Crippen molar-refractivity contribution in [2.45, 2.75) is 43.7 Å². The van der Waals surface area contributed by atoms with E-state index in [2.05, 4.69) is 10.2 Å². The van der Waals surface area contributed by atoms with Crippen molar-refractivity contribution in [3.8, 4) is 5.75 Å². The molecule has 1 aliphatic carbocycles. The van der Waals surface area contributed by atoms with Gasteiger partial charge >= 0.3 is 12.2 Å². The van der Waals surface area contributed by atoms with Gasteiger partial charge in [0.05, 0.1) is 11.5 Å². The molecule has 0 aromatic heterocycles. The maximum atomic E-state index is 12.5. The quantitative estimate of drug-likeness (QED) is 0.579. The van der Waals surface area contributed by atoms with Gasteiger partial charge < -0.3 is 24.6 Å². The van der Waals surface area contributed by atoms with Crippen LogP contribution in [0, 0.1) is 15.5 Å². The van der Waals surface area contributed by atoms with Gasteiger partial charge in [-0.05, 0) is 36.8 Å². The molecule has 0 unspecified atom stereocenters. The third kappa shape index (κ3) is 3.80. The first kappa shape index (κ1) is 20.0. The van der Waals surface area contributed by atoms with Gasteiger partial charge in [0, 0.05) is 57.2 Å². The van der Waals surface area contributed by atoms with Gasteiger partial charge in [-0.3, -0.25) is 10.1 Å². The Kier molecular flexibility index (Phi) is 4.76. The first-order valence-corrected chi connectivity index (χ1v) is 10.8. The predicted molar refractivity (Wildman–Crippen MR) is 109 cm³/mol. The molecule has 10 nitrogen and oxygen atoms in total. The van der Waals surface area contributed by atoms with E-state index in [1.807, 2.05) is 0 Å². The molecule has 2 amide bonds. The van der Waals surface area contributed by atoms with Crippen molar-refractivity contribution in [2.75, 3.05) is 32.7 Å². The van der Waals surface area contributed by atoms with E-state index in [-0.39, 0.29) is 22.8 Å². The van der Waals surface area contributed by atoms with Gasteiger partial charge in [0.1, 0.15) is 11.4 Å². The number of likely N-dealkylation sites (tertiary alicyclic amines) is 2. The fourth-order valence-corrected chi connectivity index (χ4v) is 5.50. The van der Waals surface area contributed by atoms with Gasteiger partial charge in [0.15, 0.2) is 0 Å². The molecule has 3 heterocycles. The third-order valence-corrected chi connectivity index (χ3v) is 7.38. The summed E-state index contributed by atoms with van der Waals surface area (Å²) in [6.07, 6.45) is 4.13. The van der Waals surface area contributed by atoms with E-state index in [1.165, 1.54) is 24.3 Å². The minimum atomic E-state index is -0.484. The Balaban J connectivity index is 1.09. The third-order valence-electron chi connectivity index (χ3n) is 7.38. The summed E-state index contributed by atoms with van der Waals surface area (Å²) in [5.41, 5.74) is -0.192. The van der Waals surface area contributed by atoms with E-state index in [0.29, 0.717) is 31.4 Å². The first-order chi connectivity index (χ1) is 14.9. The SMILES string of the molecule is O=C1NCC2(CCN(C3CC4(CCN(C(=O)Oc5ccc([N+](=O)[O-])cc5)C4)C3)CC2)O1. The van der Waals surface area contributed by atoms with Crippen LogP contribution in [0.15, 0.2) is 24.3 Å². The Bertz CT molecular complexity index is 890. The monoisotopic (exact) mass is 430 g/mol. The van der Waals surface area contributed by atoms with Gasteiger partial charge in [-0.15, -0.1) is 0 Å². The molecule has 1 aromatic carbocycles. The second kappa shape index (κ2) is 7.37. The summed E-state index contributed by atoms with van der Waals surface area (Å²) in [7, 11) is 0. The van der Waals surface area contributed by atoms with Crippen LogP contribution in [0.4, 0.5) is 15.3 Å². The van der Waals surface area contributed by atoms with E-state index < -0.39 is 11.0 Å². The van der Waals surface area contributed by atoms with Crippen molar-refractivity contribution in [1.29, 1.82) is 0 Å². The number of ether oxygens (including phenoxy) is 2. The molecule has 31 heavy (non-hydrogen) atoms. The summed E-state index contributed by atoms with van der Waals surface area (Å²) >= 11 is 0. The van der Waals surface area contributed by atoms with Crippen molar-refractivity contribution >= 4 is 17.9 Å². The van der Waals surface area contributed by atoms with Gasteiger partial charge in [-0.2, -0.15) is 0 Å². The lowest BCUT2D eigenvalue weighted by Gasteiger charge is -2.52. The summed E-state index contributed by atoms with van der Waals surface area (Å²) in [4.78, 5) is 38.4. The van der Waals surface area contributed by atoms with Gasteiger partial charge in [-0.1, -0.05) is 0 Å². The molecule has 3 aliphatic heterocycles. The van der Waals surface area contributed by atoms with E-state index in [9.17, 15) is 19.7 Å². The lowest BCUT2D eigenvalue weighted by atomic mass is 9.64. The topological polar surface area (TPSA) is 114 Å². The summed E-state index contributed by atoms with van der Waals surface area (Å²) in [5, 5.41) is 13.5. The highest BCUT2D eigenvalue weighted by atomic mass is 16.6. The summed E-state index contributed by atoms with van der Waals surface area (Å²) in [6.45, 7) is 3.83. The predicted octanol–water partition coefficient (Wildman–Crippen LogP) is 2.52. The number of piperidine rings is 1. The van der Waals surface area contributed by atoms with Crippen molar-refractivity contribution in [1.82, 2.24) is 15.1 Å². The second-order valence-electron chi connectivity index (χ2n) is 9.31. The molecule has 5 rings (SSSR count). The summed E-state index contributed by atoms with van der Waals surface area (Å²) < 4.78 is 10.9. The highest BCUT2D eigenvalue weighted by Crippen LogP contribution is 2.51. The number of nitrogens with zero attached hydrogens (tertiary/aromatic N) is 3. The number of amides is 2. The summed E-state index contributed by atoms with van der Waals surface area (Å²) in [5.74, 6) is 0.312. The van der Waals surface area contributed by atoms with Crippen LogP contribution in [0.3, 0.4) is 0 Å². The minimum Gasteiger partial charge on any atom is -0.441 e. The van der Waals surface area contributed by atoms with Crippen molar-refractivity contribution in [2.24, 2.45) is 5.41 Å².